The van der Waals surface area contributed by atoms with Crippen molar-refractivity contribution in [1.29, 1.82) is 0 Å². The summed E-state index contributed by atoms with van der Waals surface area (Å²) in [7, 11) is 0. The van der Waals surface area contributed by atoms with Crippen molar-refractivity contribution in [3.05, 3.63) is 33.8 Å². The molecule has 0 heterocycles. The zero-order chi connectivity index (χ0) is 11.8. The third-order valence-corrected chi connectivity index (χ3v) is 4.58. The minimum absolute atomic E-state index is 0.0572. The van der Waals surface area contributed by atoms with Gasteiger partial charge in [-0.25, -0.2) is 0 Å². The average Bonchev–Trinajstić information content (AvgIpc) is 2.61. The summed E-state index contributed by atoms with van der Waals surface area (Å²) in [5.74, 6) is 0.594. The van der Waals surface area contributed by atoms with E-state index in [9.17, 15) is 0 Å². The minimum atomic E-state index is 0.0572. The number of halogens is 2. The molecule has 88 valence electrons. The first-order valence-electron chi connectivity index (χ1n) is 5.76. The summed E-state index contributed by atoms with van der Waals surface area (Å²) >= 11 is 12.2. The van der Waals surface area contributed by atoms with Crippen molar-refractivity contribution >= 4 is 23.2 Å². The number of benzene rings is 1. The highest BCUT2D eigenvalue weighted by Crippen LogP contribution is 2.47. The molecule has 1 aromatic carbocycles. The molecular weight excluding hydrogens is 241 g/mol. The monoisotopic (exact) mass is 257 g/mol. The molecule has 1 saturated carbocycles. The number of rotatable bonds is 2. The van der Waals surface area contributed by atoms with E-state index >= 15 is 0 Å². The normalized spacial score (nSPS) is 29.6. The second-order valence-electron chi connectivity index (χ2n) is 4.78. The van der Waals surface area contributed by atoms with Crippen molar-refractivity contribution in [3.8, 4) is 0 Å². The molecule has 3 heteroatoms. The summed E-state index contributed by atoms with van der Waals surface area (Å²) in [5, 5.41) is 1.44. The first-order valence-corrected chi connectivity index (χ1v) is 6.51. The van der Waals surface area contributed by atoms with Gasteiger partial charge in [0.15, 0.2) is 0 Å². The van der Waals surface area contributed by atoms with Crippen LogP contribution in [0.3, 0.4) is 0 Å². The second-order valence-corrected chi connectivity index (χ2v) is 5.62. The minimum Gasteiger partial charge on any atom is -0.330 e. The van der Waals surface area contributed by atoms with Crippen molar-refractivity contribution in [1.82, 2.24) is 0 Å². The van der Waals surface area contributed by atoms with Crippen molar-refractivity contribution in [2.24, 2.45) is 11.7 Å². The molecule has 0 aromatic heterocycles. The smallest absolute Gasteiger partial charge is 0.0459 e. The molecule has 0 saturated heterocycles. The van der Waals surface area contributed by atoms with Crippen LogP contribution in [0.25, 0.3) is 0 Å². The third kappa shape index (κ3) is 1.85. The van der Waals surface area contributed by atoms with Gasteiger partial charge in [-0.05, 0) is 36.5 Å². The second kappa shape index (κ2) is 4.56. The molecule has 2 rings (SSSR count). The lowest BCUT2D eigenvalue weighted by molar-refractivity contribution is 0.346. The Hall–Kier alpha value is -0.240. The van der Waals surface area contributed by atoms with Crippen molar-refractivity contribution in [3.63, 3.8) is 0 Å². The summed E-state index contributed by atoms with van der Waals surface area (Å²) in [5.41, 5.74) is 7.24. The SMILES string of the molecule is CC1CCCC1(CN)c1ccc(Cl)cc1Cl. The van der Waals surface area contributed by atoms with Crippen LogP contribution in [0.15, 0.2) is 18.2 Å². The van der Waals surface area contributed by atoms with Gasteiger partial charge in [-0.3, -0.25) is 0 Å². The van der Waals surface area contributed by atoms with Crippen molar-refractivity contribution < 1.29 is 0 Å². The maximum Gasteiger partial charge on any atom is 0.0459 e. The van der Waals surface area contributed by atoms with E-state index in [1.54, 1.807) is 0 Å². The predicted octanol–water partition coefficient (Wildman–Crippen LogP) is 4.01. The molecule has 16 heavy (non-hydrogen) atoms. The lowest BCUT2D eigenvalue weighted by Crippen LogP contribution is -2.37. The largest absolute Gasteiger partial charge is 0.330 e. The molecule has 0 radical (unpaired) electrons. The van der Waals surface area contributed by atoms with Gasteiger partial charge in [0.2, 0.25) is 0 Å². The molecule has 1 aliphatic rings. The molecular formula is C13H17Cl2N. The lowest BCUT2D eigenvalue weighted by atomic mass is 9.73. The van der Waals surface area contributed by atoms with Crippen LogP contribution in [0.1, 0.15) is 31.7 Å². The zero-order valence-electron chi connectivity index (χ0n) is 9.47. The Labute approximate surface area is 107 Å². The highest BCUT2D eigenvalue weighted by Gasteiger charge is 2.41. The lowest BCUT2D eigenvalue weighted by Gasteiger charge is -2.34. The predicted molar refractivity (Wildman–Crippen MR) is 70.2 cm³/mol. The number of hydrogen-bond acceptors (Lipinski definition) is 1. The molecule has 1 aliphatic carbocycles. The van der Waals surface area contributed by atoms with Gasteiger partial charge in [0.25, 0.3) is 0 Å². The highest BCUT2D eigenvalue weighted by atomic mass is 35.5. The number of nitrogens with two attached hydrogens (primary N) is 1. The van der Waals surface area contributed by atoms with Gasteiger partial charge >= 0.3 is 0 Å². The fourth-order valence-corrected chi connectivity index (χ4v) is 3.55. The summed E-state index contributed by atoms with van der Waals surface area (Å²) in [6, 6.07) is 5.77. The van der Waals surface area contributed by atoms with Gasteiger partial charge in [-0.15, -0.1) is 0 Å². The molecule has 0 spiro atoms. The Morgan fingerprint density at radius 2 is 2.19 bits per heavy atom. The van der Waals surface area contributed by atoms with Crippen LogP contribution in [-0.4, -0.2) is 6.54 Å². The molecule has 1 fully saturated rings. The summed E-state index contributed by atoms with van der Waals surface area (Å²) < 4.78 is 0. The van der Waals surface area contributed by atoms with E-state index in [1.807, 2.05) is 18.2 Å². The van der Waals surface area contributed by atoms with E-state index in [1.165, 1.54) is 18.4 Å². The summed E-state index contributed by atoms with van der Waals surface area (Å²) in [6.45, 7) is 2.93. The van der Waals surface area contributed by atoms with Gasteiger partial charge in [0, 0.05) is 22.0 Å². The van der Waals surface area contributed by atoms with Crippen LogP contribution in [0.5, 0.6) is 0 Å². The van der Waals surface area contributed by atoms with E-state index in [0.717, 1.165) is 11.4 Å². The number of hydrogen-bond donors (Lipinski definition) is 1. The maximum atomic E-state index is 6.30. The third-order valence-electron chi connectivity index (χ3n) is 4.04. The van der Waals surface area contributed by atoms with Gasteiger partial charge < -0.3 is 5.73 Å². The van der Waals surface area contributed by atoms with Gasteiger partial charge in [0.1, 0.15) is 0 Å². The molecule has 0 aliphatic heterocycles. The average molecular weight is 258 g/mol. The van der Waals surface area contributed by atoms with E-state index in [2.05, 4.69) is 6.92 Å². The fourth-order valence-electron chi connectivity index (χ4n) is 2.95. The Kier molecular flexibility index (Phi) is 3.48. The highest BCUT2D eigenvalue weighted by molar-refractivity contribution is 6.35. The maximum absolute atomic E-state index is 6.30. The van der Waals surface area contributed by atoms with Crippen molar-refractivity contribution in [2.75, 3.05) is 6.54 Å². The Morgan fingerprint density at radius 3 is 2.69 bits per heavy atom. The first kappa shape index (κ1) is 12.2. The molecule has 0 bridgehead atoms. The fraction of sp³-hybridized carbons (Fsp3) is 0.538. The standard InChI is InChI=1S/C13H17Cl2N/c1-9-3-2-6-13(9,8-16)11-5-4-10(14)7-12(11)15/h4-5,7,9H,2-3,6,8,16H2,1H3. The van der Waals surface area contributed by atoms with Crippen LogP contribution in [0, 0.1) is 5.92 Å². The van der Waals surface area contributed by atoms with Crippen LogP contribution in [0.4, 0.5) is 0 Å². The summed E-state index contributed by atoms with van der Waals surface area (Å²) in [4.78, 5) is 0. The first-order chi connectivity index (χ1) is 7.60. The van der Waals surface area contributed by atoms with Gasteiger partial charge in [-0.1, -0.05) is 42.6 Å². The van der Waals surface area contributed by atoms with Crippen molar-refractivity contribution in [2.45, 2.75) is 31.6 Å². The van der Waals surface area contributed by atoms with Crippen LogP contribution >= 0.6 is 23.2 Å². The Bertz CT molecular complexity index is 392. The molecule has 2 atom stereocenters. The summed E-state index contributed by atoms with van der Waals surface area (Å²) in [6.07, 6.45) is 3.60. The van der Waals surface area contributed by atoms with Crippen LogP contribution in [-0.2, 0) is 5.41 Å². The quantitative estimate of drug-likeness (QED) is 0.852. The van der Waals surface area contributed by atoms with E-state index < -0.39 is 0 Å². The molecule has 2 unspecified atom stereocenters. The van der Waals surface area contributed by atoms with E-state index in [4.69, 9.17) is 28.9 Å². The van der Waals surface area contributed by atoms with Gasteiger partial charge in [-0.2, -0.15) is 0 Å². The molecule has 1 nitrogen and oxygen atoms in total. The molecule has 2 N–H and O–H groups in total. The molecule has 1 aromatic rings. The van der Waals surface area contributed by atoms with Crippen LogP contribution < -0.4 is 5.73 Å². The zero-order valence-corrected chi connectivity index (χ0v) is 11.0. The molecule has 0 amide bonds. The van der Waals surface area contributed by atoms with E-state index in [-0.39, 0.29) is 5.41 Å². The van der Waals surface area contributed by atoms with Crippen LogP contribution in [0.2, 0.25) is 10.0 Å². The Morgan fingerprint density at radius 1 is 1.44 bits per heavy atom. The van der Waals surface area contributed by atoms with Gasteiger partial charge in [0.05, 0.1) is 0 Å². The van der Waals surface area contributed by atoms with E-state index in [0.29, 0.717) is 17.5 Å². The Balaban J connectivity index is 2.48. The topological polar surface area (TPSA) is 26.0 Å².